The molecule has 6 heteroatoms. The molecule has 0 saturated heterocycles. The summed E-state index contributed by atoms with van der Waals surface area (Å²) < 4.78 is 1.92. The summed E-state index contributed by atoms with van der Waals surface area (Å²) in [5, 5.41) is 0. The van der Waals surface area contributed by atoms with Crippen molar-refractivity contribution in [2.24, 2.45) is 0 Å². The van der Waals surface area contributed by atoms with Crippen molar-refractivity contribution in [1.29, 1.82) is 0 Å². The summed E-state index contributed by atoms with van der Waals surface area (Å²) in [6.07, 6.45) is 13.0. The van der Waals surface area contributed by atoms with E-state index in [1.807, 2.05) is 28.8 Å². The minimum absolute atomic E-state index is 0.114. The molecule has 5 nitrogen and oxygen atoms in total. The van der Waals surface area contributed by atoms with E-state index in [-0.39, 0.29) is 12.1 Å². The van der Waals surface area contributed by atoms with Crippen molar-refractivity contribution in [2.75, 3.05) is 17.3 Å². The molecule has 0 spiro atoms. The normalized spacial score (nSPS) is 24.3. The highest BCUT2D eigenvalue weighted by molar-refractivity contribution is 6.17. The lowest BCUT2D eigenvalue weighted by atomic mass is 9.92. The van der Waals surface area contributed by atoms with Gasteiger partial charge >= 0.3 is 6.03 Å². The summed E-state index contributed by atoms with van der Waals surface area (Å²) in [5.74, 6) is 1.46. The third-order valence-electron chi connectivity index (χ3n) is 7.44. The lowest BCUT2D eigenvalue weighted by Gasteiger charge is -2.41. The molecule has 0 radical (unpaired) electrons. The van der Waals surface area contributed by atoms with Crippen LogP contribution >= 0.6 is 11.6 Å². The maximum Gasteiger partial charge on any atom is 0.331 e. The largest absolute Gasteiger partial charge is 0.334 e. The van der Waals surface area contributed by atoms with Crippen molar-refractivity contribution in [3.63, 3.8) is 0 Å². The number of halogens is 1. The number of para-hydroxylation sites is 2. The summed E-state index contributed by atoms with van der Waals surface area (Å²) >= 11 is 6.31. The predicted octanol–water partition coefficient (Wildman–Crippen LogP) is 5.79. The first-order chi connectivity index (χ1) is 14.8. The highest BCUT2D eigenvalue weighted by atomic mass is 35.5. The Balaban J connectivity index is 1.64. The molecule has 1 atom stereocenters. The maximum absolute atomic E-state index is 14.0. The van der Waals surface area contributed by atoms with E-state index in [0.29, 0.717) is 18.0 Å². The van der Waals surface area contributed by atoms with Gasteiger partial charge in [-0.1, -0.05) is 50.7 Å². The van der Waals surface area contributed by atoms with Crippen molar-refractivity contribution in [1.82, 2.24) is 14.5 Å². The van der Waals surface area contributed by atoms with Gasteiger partial charge in [0.25, 0.3) is 0 Å². The van der Waals surface area contributed by atoms with E-state index in [2.05, 4.69) is 9.80 Å². The van der Waals surface area contributed by atoms with Crippen LogP contribution in [0.4, 0.5) is 10.7 Å². The standard InChI is InChI=1S/C24H33ClN4O/c25-16-15-20-17-27(18-9-3-1-4-10-18)24(30)29-22-14-8-7-13-21(22)26-23(29)28(20)19-11-5-2-6-12-19/h7-8,13-14,18-20H,1-6,9-12,15-17H2. The number of carbonyl (C=O) groups excluding carboxylic acids is 1. The Morgan fingerprint density at radius 2 is 1.60 bits per heavy atom. The number of aromatic nitrogens is 2. The molecule has 1 amide bonds. The molecule has 0 bridgehead atoms. The van der Waals surface area contributed by atoms with E-state index >= 15 is 0 Å². The number of alkyl halides is 1. The van der Waals surface area contributed by atoms with Crippen LogP contribution in [0.1, 0.15) is 70.6 Å². The molecular formula is C24H33ClN4O. The molecular weight excluding hydrogens is 396 g/mol. The highest BCUT2D eigenvalue weighted by Crippen LogP contribution is 2.36. The number of hydrogen-bond donors (Lipinski definition) is 0. The number of benzene rings is 1. The minimum Gasteiger partial charge on any atom is -0.334 e. The zero-order chi connectivity index (χ0) is 20.5. The third-order valence-corrected chi connectivity index (χ3v) is 7.66. The Hall–Kier alpha value is -1.75. The molecule has 1 aliphatic heterocycles. The van der Waals surface area contributed by atoms with Crippen LogP contribution in [0.2, 0.25) is 0 Å². The van der Waals surface area contributed by atoms with Crippen molar-refractivity contribution in [2.45, 2.75) is 88.8 Å². The second kappa shape index (κ2) is 8.78. The van der Waals surface area contributed by atoms with Crippen molar-refractivity contribution < 1.29 is 4.79 Å². The van der Waals surface area contributed by atoms with Gasteiger partial charge in [0.1, 0.15) is 0 Å². The Bertz CT molecular complexity index is 884. The Morgan fingerprint density at radius 3 is 2.30 bits per heavy atom. The number of nitrogens with zero attached hydrogens (tertiary/aromatic N) is 4. The molecule has 2 heterocycles. The van der Waals surface area contributed by atoms with Gasteiger partial charge < -0.3 is 9.80 Å². The smallest absolute Gasteiger partial charge is 0.331 e. The maximum atomic E-state index is 14.0. The first-order valence-electron chi connectivity index (χ1n) is 11.9. The number of anilines is 1. The van der Waals surface area contributed by atoms with E-state index in [1.165, 1.54) is 51.4 Å². The molecule has 1 aromatic heterocycles. The molecule has 1 aromatic carbocycles. The average molecular weight is 429 g/mol. The first-order valence-corrected chi connectivity index (χ1v) is 12.4. The summed E-state index contributed by atoms with van der Waals surface area (Å²) in [6.45, 7) is 0.768. The zero-order valence-electron chi connectivity index (χ0n) is 17.8. The van der Waals surface area contributed by atoms with Gasteiger partial charge in [-0.15, -0.1) is 11.6 Å². The topological polar surface area (TPSA) is 41.4 Å². The van der Waals surface area contributed by atoms with Crippen LogP contribution in [0.15, 0.2) is 24.3 Å². The summed E-state index contributed by atoms with van der Waals surface area (Å²) in [6, 6.07) is 9.24. The average Bonchev–Trinajstić information content (AvgIpc) is 3.12. The first kappa shape index (κ1) is 20.2. The minimum atomic E-state index is 0.114. The fourth-order valence-electron chi connectivity index (χ4n) is 5.93. The number of amides is 1. The predicted molar refractivity (Wildman–Crippen MR) is 123 cm³/mol. The van der Waals surface area contributed by atoms with Gasteiger partial charge in [-0.05, 0) is 44.2 Å². The number of rotatable bonds is 4. The number of fused-ring (bicyclic) bond motifs is 3. The SMILES string of the molecule is O=C1N(C2CCCCC2)CC(CCCl)N(C2CCCCC2)c2nc3ccccc3n21. The summed E-state index contributed by atoms with van der Waals surface area (Å²) in [5.41, 5.74) is 1.85. The van der Waals surface area contributed by atoms with Crippen LogP contribution in [-0.4, -0.2) is 51.0 Å². The number of imidazole rings is 1. The van der Waals surface area contributed by atoms with Gasteiger partial charge in [-0.25, -0.2) is 14.3 Å². The molecule has 30 heavy (non-hydrogen) atoms. The van der Waals surface area contributed by atoms with Crippen LogP contribution < -0.4 is 4.90 Å². The van der Waals surface area contributed by atoms with E-state index in [4.69, 9.17) is 16.6 Å². The summed E-state index contributed by atoms with van der Waals surface area (Å²) in [4.78, 5) is 23.7. The summed E-state index contributed by atoms with van der Waals surface area (Å²) in [7, 11) is 0. The molecule has 2 fully saturated rings. The molecule has 2 aromatic rings. The molecule has 2 aliphatic carbocycles. The quantitative estimate of drug-likeness (QED) is 0.578. The molecule has 0 N–H and O–H groups in total. The zero-order valence-corrected chi connectivity index (χ0v) is 18.6. The Kier molecular flexibility index (Phi) is 5.90. The second-order valence-corrected chi connectivity index (χ2v) is 9.67. The van der Waals surface area contributed by atoms with Crippen LogP contribution in [0.3, 0.4) is 0 Å². The van der Waals surface area contributed by atoms with Crippen LogP contribution in [0, 0.1) is 0 Å². The molecule has 3 aliphatic rings. The van der Waals surface area contributed by atoms with Gasteiger partial charge in [0.15, 0.2) is 0 Å². The van der Waals surface area contributed by atoms with Gasteiger partial charge in [0, 0.05) is 24.5 Å². The third kappa shape index (κ3) is 3.59. The number of carbonyl (C=O) groups is 1. The molecule has 5 rings (SSSR count). The second-order valence-electron chi connectivity index (χ2n) is 9.29. The fourth-order valence-corrected chi connectivity index (χ4v) is 6.19. The van der Waals surface area contributed by atoms with Crippen LogP contribution in [0.5, 0.6) is 0 Å². The lowest BCUT2D eigenvalue weighted by molar-refractivity contribution is 0.154. The van der Waals surface area contributed by atoms with E-state index < -0.39 is 0 Å². The van der Waals surface area contributed by atoms with E-state index in [0.717, 1.165) is 42.8 Å². The molecule has 2 saturated carbocycles. The van der Waals surface area contributed by atoms with Gasteiger partial charge in [-0.2, -0.15) is 0 Å². The molecule has 1 unspecified atom stereocenters. The number of hydrogen-bond acceptors (Lipinski definition) is 3. The Morgan fingerprint density at radius 1 is 0.933 bits per heavy atom. The van der Waals surface area contributed by atoms with Gasteiger partial charge in [0.2, 0.25) is 5.95 Å². The van der Waals surface area contributed by atoms with Crippen molar-refractivity contribution in [3.05, 3.63) is 24.3 Å². The monoisotopic (exact) mass is 428 g/mol. The van der Waals surface area contributed by atoms with Crippen LogP contribution in [0.25, 0.3) is 11.0 Å². The van der Waals surface area contributed by atoms with Crippen molar-refractivity contribution in [3.8, 4) is 0 Å². The van der Waals surface area contributed by atoms with Crippen LogP contribution in [-0.2, 0) is 0 Å². The lowest BCUT2D eigenvalue weighted by Crippen LogP contribution is -2.51. The highest BCUT2D eigenvalue weighted by Gasteiger charge is 2.40. The molecule has 162 valence electrons. The van der Waals surface area contributed by atoms with Gasteiger partial charge in [0.05, 0.1) is 17.1 Å². The van der Waals surface area contributed by atoms with Crippen molar-refractivity contribution >= 4 is 34.6 Å². The van der Waals surface area contributed by atoms with E-state index in [1.54, 1.807) is 0 Å². The van der Waals surface area contributed by atoms with Gasteiger partial charge in [-0.3, -0.25) is 0 Å². The fraction of sp³-hybridized carbons (Fsp3) is 0.667. The Labute approximate surface area is 184 Å². The van der Waals surface area contributed by atoms with E-state index in [9.17, 15) is 4.79 Å².